The Balaban J connectivity index is 0.000000338. The van der Waals surface area contributed by atoms with Crippen LogP contribution in [0.5, 0.6) is 0 Å². The number of aryl methyl sites for hydroxylation is 2. The monoisotopic (exact) mass is 587 g/mol. The molecule has 4 nitrogen and oxygen atoms in total. The fourth-order valence-corrected chi connectivity index (χ4v) is 4.46. The van der Waals surface area contributed by atoms with E-state index in [0.29, 0.717) is 5.75 Å². The van der Waals surface area contributed by atoms with Gasteiger partial charge in [-0.3, -0.25) is 4.79 Å². The number of rotatable bonds is 10. The van der Waals surface area contributed by atoms with Gasteiger partial charge < -0.3 is 15.5 Å². The molecule has 0 atom stereocenters. The lowest BCUT2D eigenvalue weighted by molar-refractivity contribution is -0.113. The molecule has 0 saturated heterocycles. The smallest absolute Gasteiger partial charge is 0.234 e. The second-order valence-electron chi connectivity index (χ2n) is 9.77. The molecule has 0 unspecified atom stereocenters. The van der Waals surface area contributed by atoms with Crippen molar-refractivity contribution in [2.75, 3.05) is 54.9 Å². The molecule has 4 aromatic carbocycles. The van der Waals surface area contributed by atoms with E-state index in [9.17, 15) is 4.79 Å². The Labute approximate surface area is 256 Å². The van der Waals surface area contributed by atoms with E-state index in [4.69, 9.17) is 0 Å². The largest absolute Gasteiger partial charge is 0.378 e. The van der Waals surface area contributed by atoms with Gasteiger partial charge in [-0.2, -0.15) is 23.5 Å². The molecule has 0 heterocycles. The topological polar surface area (TPSA) is 44.4 Å². The van der Waals surface area contributed by atoms with Crippen LogP contribution in [0.4, 0.5) is 11.4 Å². The van der Waals surface area contributed by atoms with Crippen LogP contribution in [0.25, 0.3) is 11.1 Å². The fraction of sp³-hybridized carbons (Fsp3) is 0.286. The zero-order chi connectivity index (χ0) is 29.9. The number of nitrogens with one attached hydrogen (secondary N) is 2. The molecule has 0 aliphatic rings. The first kappa shape index (κ1) is 34.0. The Kier molecular flexibility index (Phi) is 16.4. The van der Waals surface area contributed by atoms with Crippen LogP contribution in [0.2, 0.25) is 0 Å². The number of nitrogens with zero attached hydrogens (tertiary/aromatic N) is 1. The van der Waals surface area contributed by atoms with Crippen molar-refractivity contribution in [1.82, 2.24) is 5.32 Å². The van der Waals surface area contributed by atoms with E-state index in [0.717, 1.165) is 35.7 Å². The Morgan fingerprint density at radius 3 is 1.76 bits per heavy atom. The lowest BCUT2D eigenvalue weighted by Crippen LogP contribution is -2.20. The van der Waals surface area contributed by atoms with Crippen molar-refractivity contribution in [2.24, 2.45) is 0 Å². The highest BCUT2D eigenvalue weighted by atomic mass is 32.2. The van der Waals surface area contributed by atoms with E-state index in [1.807, 2.05) is 74.6 Å². The highest BCUT2D eigenvalue weighted by molar-refractivity contribution is 7.99. The van der Waals surface area contributed by atoms with Gasteiger partial charge in [0, 0.05) is 44.3 Å². The molecule has 218 valence electrons. The number of hydrogen-bond acceptors (Lipinski definition) is 5. The molecular formula is C35H45N3OS2. The van der Waals surface area contributed by atoms with Gasteiger partial charge in [0.15, 0.2) is 0 Å². The second kappa shape index (κ2) is 19.8. The fourth-order valence-electron chi connectivity index (χ4n) is 3.78. The third-order valence-electron chi connectivity index (χ3n) is 6.05. The number of carbonyl (C=O) groups excluding carboxylic acids is 1. The van der Waals surface area contributed by atoms with Crippen molar-refractivity contribution in [3.05, 3.63) is 120 Å². The van der Waals surface area contributed by atoms with Gasteiger partial charge in [-0.05, 0) is 67.3 Å². The van der Waals surface area contributed by atoms with E-state index in [1.165, 1.54) is 34.1 Å². The predicted molar refractivity (Wildman–Crippen MR) is 186 cm³/mol. The van der Waals surface area contributed by atoms with Crippen molar-refractivity contribution in [1.29, 1.82) is 0 Å². The lowest BCUT2D eigenvalue weighted by atomic mass is 10.0. The summed E-state index contributed by atoms with van der Waals surface area (Å²) in [7, 11) is 4.08. The summed E-state index contributed by atoms with van der Waals surface area (Å²) in [6.45, 7) is 5.85. The molecule has 0 saturated carbocycles. The van der Waals surface area contributed by atoms with Crippen molar-refractivity contribution >= 4 is 40.8 Å². The summed E-state index contributed by atoms with van der Waals surface area (Å²) in [5, 5.41) is 6.51. The number of benzene rings is 4. The third kappa shape index (κ3) is 13.8. The van der Waals surface area contributed by atoms with Crippen LogP contribution in [-0.4, -0.2) is 50.6 Å². The zero-order valence-corrected chi connectivity index (χ0v) is 26.9. The Bertz CT molecular complexity index is 1230. The molecule has 0 radical (unpaired) electrons. The van der Waals surface area contributed by atoms with Crippen molar-refractivity contribution < 1.29 is 4.79 Å². The predicted octanol–water partition coefficient (Wildman–Crippen LogP) is 8.16. The van der Waals surface area contributed by atoms with Crippen LogP contribution < -0.4 is 15.5 Å². The Hall–Kier alpha value is -3.19. The molecule has 0 aromatic heterocycles. The molecule has 6 heteroatoms. The van der Waals surface area contributed by atoms with Crippen LogP contribution in [0.3, 0.4) is 0 Å². The standard InChI is InChI=1S/C21H29N3OS2.2C7H8/c1-24(2)19-8-5-16(6-9-19)17-7-10-20(23-21(25)15-27-4)18(13-17)14-22-11-12-26-3;2*1-7-5-3-2-4-6-7/h5-10,13,22H,11-12,14-15H2,1-4H3,(H,23,25);2*2-6H,1H3. The van der Waals surface area contributed by atoms with Crippen molar-refractivity contribution in [3.63, 3.8) is 0 Å². The van der Waals surface area contributed by atoms with Crippen LogP contribution in [-0.2, 0) is 11.3 Å². The number of thioether (sulfide) groups is 2. The van der Waals surface area contributed by atoms with E-state index in [-0.39, 0.29) is 5.91 Å². The van der Waals surface area contributed by atoms with Crippen LogP contribution >= 0.6 is 23.5 Å². The highest BCUT2D eigenvalue weighted by Gasteiger charge is 2.09. The molecule has 0 spiro atoms. The summed E-state index contributed by atoms with van der Waals surface area (Å²) in [6.07, 6.45) is 4.04. The van der Waals surface area contributed by atoms with Gasteiger partial charge in [-0.25, -0.2) is 0 Å². The number of anilines is 2. The second-order valence-corrected chi connectivity index (χ2v) is 11.6. The quantitative estimate of drug-likeness (QED) is 0.183. The van der Waals surface area contributed by atoms with Gasteiger partial charge in [0.05, 0.1) is 5.75 Å². The molecule has 2 N–H and O–H groups in total. The zero-order valence-electron chi connectivity index (χ0n) is 25.3. The minimum atomic E-state index is 0.0379. The average Bonchev–Trinajstić information content (AvgIpc) is 2.98. The van der Waals surface area contributed by atoms with Gasteiger partial charge >= 0.3 is 0 Å². The van der Waals surface area contributed by atoms with Gasteiger partial charge in [-0.1, -0.05) is 90.0 Å². The van der Waals surface area contributed by atoms with Crippen LogP contribution in [0.15, 0.2) is 103 Å². The number of carbonyl (C=O) groups is 1. The normalized spacial score (nSPS) is 10.0. The summed E-state index contributed by atoms with van der Waals surface area (Å²) in [5.41, 5.74) is 8.15. The van der Waals surface area contributed by atoms with E-state index in [2.05, 4.69) is 96.3 Å². The van der Waals surface area contributed by atoms with E-state index in [1.54, 1.807) is 0 Å². The van der Waals surface area contributed by atoms with E-state index >= 15 is 0 Å². The highest BCUT2D eigenvalue weighted by Crippen LogP contribution is 2.27. The average molecular weight is 588 g/mol. The molecule has 4 aromatic rings. The summed E-state index contributed by atoms with van der Waals surface area (Å²) < 4.78 is 0. The van der Waals surface area contributed by atoms with Gasteiger partial charge in [0.25, 0.3) is 0 Å². The van der Waals surface area contributed by atoms with Gasteiger partial charge in [-0.15, -0.1) is 0 Å². The number of amides is 1. The van der Waals surface area contributed by atoms with Crippen LogP contribution in [0, 0.1) is 13.8 Å². The maximum Gasteiger partial charge on any atom is 0.234 e. The first-order chi connectivity index (χ1) is 19.8. The molecule has 0 bridgehead atoms. The van der Waals surface area contributed by atoms with Gasteiger partial charge in [0.2, 0.25) is 5.91 Å². The molecule has 41 heavy (non-hydrogen) atoms. The number of hydrogen-bond donors (Lipinski definition) is 2. The van der Waals surface area contributed by atoms with Crippen molar-refractivity contribution in [3.8, 4) is 11.1 Å². The lowest BCUT2D eigenvalue weighted by Gasteiger charge is -2.15. The molecule has 0 aliphatic heterocycles. The van der Waals surface area contributed by atoms with Crippen LogP contribution in [0.1, 0.15) is 16.7 Å². The first-order valence-corrected chi connectivity index (χ1v) is 16.5. The maximum absolute atomic E-state index is 12.0. The molecular weight excluding hydrogens is 543 g/mol. The third-order valence-corrected chi connectivity index (χ3v) is 7.21. The minimum Gasteiger partial charge on any atom is -0.378 e. The summed E-state index contributed by atoms with van der Waals surface area (Å²) in [6, 6.07) is 35.3. The molecule has 1 amide bonds. The Morgan fingerprint density at radius 1 is 0.732 bits per heavy atom. The summed E-state index contributed by atoms with van der Waals surface area (Å²) >= 11 is 3.35. The van der Waals surface area contributed by atoms with Crippen molar-refractivity contribution in [2.45, 2.75) is 20.4 Å². The maximum atomic E-state index is 12.0. The molecule has 0 fully saturated rings. The first-order valence-electron chi connectivity index (χ1n) is 13.8. The van der Waals surface area contributed by atoms with E-state index < -0.39 is 0 Å². The summed E-state index contributed by atoms with van der Waals surface area (Å²) in [4.78, 5) is 14.1. The molecule has 4 rings (SSSR count). The summed E-state index contributed by atoms with van der Waals surface area (Å²) in [5.74, 6) is 1.57. The van der Waals surface area contributed by atoms with Gasteiger partial charge in [0.1, 0.15) is 0 Å². The SMILES string of the molecule is CSCCNCc1cc(-c2ccc(N(C)C)cc2)ccc1NC(=O)CSC.Cc1ccccc1.Cc1ccccc1. The Morgan fingerprint density at radius 2 is 1.29 bits per heavy atom. The molecule has 0 aliphatic carbocycles. The minimum absolute atomic E-state index is 0.0379.